The van der Waals surface area contributed by atoms with Crippen LogP contribution in [0.5, 0.6) is 0 Å². The summed E-state index contributed by atoms with van der Waals surface area (Å²) in [5.41, 5.74) is 4.55. The summed E-state index contributed by atoms with van der Waals surface area (Å²) in [7, 11) is 0. The molecule has 136 valence electrons. The average molecular weight is 362 g/mol. The van der Waals surface area contributed by atoms with E-state index in [0.717, 1.165) is 22.3 Å². The van der Waals surface area contributed by atoms with Crippen molar-refractivity contribution in [3.8, 4) is 0 Å². The van der Waals surface area contributed by atoms with Crippen molar-refractivity contribution in [2.45, 2.75) is 12.1 Å². The van der Waals surface area contributed by atoms with Gasteiger partial charge in [0.1, 0.15) is 12.1 Å². The molecule has 4 rings (SSSR count). The third-order valence-corrected chi connectivity index (χ3v) is 4.76. The van der Waals surface area contributed by atoms with Gasteiger partial charge in [-0.2, -0.15) is 10.2 Å². The highest BCUT2D eigenvalue weighted by Gasteiger charge is 2.16. The van der Waals surface area contributed by atoms with Crippen molar-refractivity contribution in [1.82, 2.24) is 0 Å². The van der Waals surface area contributed by atoms with Crippen LogP contribution in [-0.4, -0.2) is 0 Å². The van der Waals surface area contributed by atoms with Crippen molar-refractivity contribution in [1.29, 1.82) is 0 Å². The first-order valence-corrected chi connectivity index (χ1v) is 9.51. The van der Waals surface area contributed by atoms with Gasteiger partial charge in [-0.05, 0) is 22.3 Å². The van der Waals surface area contributed by atoms with Crippen LogP contribution < -0.4 is 0 Å². The fourth-order valence-electron chi connectivity index (χ4n) is 3.33. The molecule has 4 aromatic carbocycles. The largest absolute Gasteiger partial charge is 0.180 e. The lowest BCUT2D eigenvalue weighted by Gasteiger charge is -2.16. The van der Waals surface area contributed by atoms with Gasteiger partial charge < -0.3 is 0 Å². The number of rotatable bonds is 6. The van der Waals surface area contributed by atoms with Gasteiger partial charge in [0.15, 0.2) is 0 Å². The zero-order valence-corrected chi connectivity index (χ0v) is 15.6. The molecule has 4 aromatic rings. The first-order chi connectivity index (χ1) is 13.9. The molecular weight excluding hydrogens is 340 g/mol. The molecule has 0 aromatic heterocycles. The van der Waals surface area contributed by atoms with Crippen LogP contribution in [0.4, 0.5) is 0 Å². The molecule has 0 aliphatic heterocycles. The lowest BCUT2D eigenvalue weighted by molar-refractivity contribution is 0.705. The quantitative estimate of drug-likeness (QED) is 0.329. The van der Waals surface area contributed by atoms with Crippen molar-refractivity contribution >= 4 is 0 Å². The lowest BCUT2D eigenvalue weighted by Crippen LogP contribution is -2.01. The maximum absolute atomic E-state index is 4.84. The highest BCUT2D eigenvalue weighted by atomic mass is 15.1. The normalized spacial score (nSPS) is 11.4. The fourth-order valence-corrected chi connectivity index (χ4v) is 3.33. The van der Waals surface area contributed by atoms with E-state index in [2.05, 4.69) is 48.5 Å². The molecule has 2 nitrogen and oxygen atoms in total. The Kier molecular flexibility index (Phi) is 5.69. The molecule has 0 bridgehead atoms. The topological polar surface area (TPSA) is 24.7 Å². The van der Waals surface area contributed by atoms with Gasteiger partial charge in [0.05, 0.1) is 0 Å². The Morgan fingerprint density at radius 1 is 0.321 bits per heavy atom. The van der Waals surface area contributed by atoms with E-state index in [1.807, 2.05) is 72.8 Å². The summed E-state index contributed by atoms with van der Waals surface area (Å²) in [5, 5.41) is 9.68. The summed E-state index contributed by atoms with van der Waals surface area (Å²) in [5.74, 6) is 0. The van der Waals surface area contributed by atoms with Crippen molar-refractivity contribution in [2.24, 2.45) is 10.2 Å². The summed E-state index contributed by atoms with van der Waals surface area (Å²) < 4.78 is 0. The predicted molar refractivity (Wildman–Crippen MR) is 114 cm³/mol. The van der Waals surface area contributed by atoms with E-state index in [4.69, 9.17) is 10.2 Å². The fraction of sp³-hybridized carbons (Fsp3) is 0.0769. The summed E-state index contributed by atoms with van der Waals surface area (Å²) in [6, 6.07) is 41.1. The van der Waals surface area contributed by atoms with Crippen molar-refractivity contribution in [3.05, 3.63) is 144 Å². The van der Waals surface area contributed by atoms with Gasteiger partial charge in [-0.25, -0.2) is 0 Å². The van der Waals surface area contributed by atoms with Gasteiger partial charge in [0.25, 0.3) is 0 Å². The van der Waals surface area contributed by atoms with Gasteiger partial charge in [0, 0.05) is 0 Å². The molecule has 0 aliphatic rings. The van der Waals surface area contributed by atoms with Crippen molar-refractivity contribution in [3.63, 3.8) is 0 Å². The minimum Gasteiger partial charge on any atom is -0.180 e. The molecule has 0 heterocycles. The van der Waals surface area contributed by atoms with E-state index in [1.165, 1.54) is 0 Å². The number of hydrogen-bond donors (Lipinski definition) is 0. The summed E-state index contributed by atoms with van der Waals surface area (Å²) in [4.78, 5) is 0. The second-order valence-corrected chi connectivity index (χ2v) is 6.68. The highest BCUT2D eigenvalue weighted by molar-refractivity contribution is 5.33. The summed E-state index contributed by atoms with van der Waals surface area (Å²) in [6.07, 6.45) is 0. The molecule has 0 atom stereocenters. The van der Waals surface area contributed by atoms with Crippen LogP contribution in [0.3, 0.4) is 0 Å². The van der Waals surface area contributed by atoms with Gasteiger partial charge in [-0.15, -0.1) is 0 Å². The van der Waals surface area contributed by atoms with Crippen molar-refractivity contribution < 1.29 is 0 Å². The van der Waals surface area contributed by atoms with E-state index in [0.29, 0.717) is 0 Å². The molecule has 0 N–H and O–H groups in total. The SMILES string of the molecule is c1ccc(C(/N=N/C(c2ccccc2)c2ccccc2)c2ccccc2)cc1. The van der Waals surface area contributed by atoms with E-state index in [-0.39, 0.29) is 12.1 Å². The van der Waals surface area contributed by atoms with Crippen molar-refractivity contribution in [2.75, 3.05) is 0 Å². The monoisotopic (exact) mass is 362 g/mol. The number of hydrogen-bond acceptors (Lipinski definition) is 2. The van der Waals surface area contributed by atoms with Crippen LogP contribution in [-0.2, 0) is 0 Å². The Hall–Kier alpha value is -3.52. The molecule has 0 unspecified atom stereocenters. The minimum atomic E-state index is -0.127. The maximum atomic E-state index is 4.84. The summed E-state index contributed by atoms with van der Waals surface area (Å²) >= 11 is 0. The number of nitrogens with zero attached hydrogens (tertiary/aromatic N) is 2. The van der Waals surface area contributed by atoms with Crippen LogP contribution in [0.2, 0.25) is 0 Å². The zero-order chi connectivity index (χ0) is 19.0. The van der Waals surface area contributed by atoms with Crippen LogP contribution in [0, 0.1) is 0 Å². The lowest BCUT2D eigenvalue weighted by atomic mass is 9.99. The van der Waals surface area contributed by atoms with E-state index in [1.54, 1.807) is 0 Å². The molecule has 0 amide bonds. The standard InChI is InChI=1S/C26H22N2/c1-5-13-21(14-6-1)25(22-15-7-2-8-16-22)27-28-26(23-17-9-3-10-18-23)24-19-11-4-12-20-24/h1-20,25-26H/b28-27+. The van der Waals surface area contributed by atoms with Gasteiger partial charge in [0.2, 0.25) is 0 Å². The molecule has 0 saturated heterocycles. The Labute approximate surface area is 166 Å². The van der Waals surface area contributed by atoms with Gasteiger partial charge in [-0.1, -0.05) is 121 Å². The predicted octanol–water partition coefficient (Wildman–Crippen LogP) is 7.02. The molecule has 0 saturated carbocycles. The number of azo groups is 1. The van der Waals surface area contributed by atoms with Gasteiger partial charge in [-0.3, -0.25) is 0 Å². The zero-order valence-electron chi connectivity index (χ0n) is 15.6. The smallest absolute Gasteiger partial charge is 0.121 e. The Bertz CT molecular complexity index is 833. The van der Waals surface area contributed by atoms with E-state index in [9.17, 15) is 0 Å². The second-order valence-electron chi connectivity index (χ2n) is 6.68. The molecule has 28 heavy (non-hydrogen) atoms. The molecule has 0 spiro atoms. The number of benzene rings is 4. The van der Waals surface area contributed by atoms with Crippen LogP contribution in [0.15, 0.2) is 132 Å². The Morgan fingerprint density at radius 3 is 0.750 bits per heavy atom. The summed E-state index contributed by atoms with van der Waals surface area (Å²) in [6.45, 7) is 0. The molecular formula is C26H22N2. The highest BCUT2D eigenvalue weighted by Crippen LogP contribution is 2.31. The van der Waals surface area contributed by atoms with Crippen LogP contribution in [0.1, 0.15) is 34.3 Å². The molecule has 0 radical (unpaired) electrons. The average Bonchev–Trinajstić information content (AvgIpc) is 2.79. The Balaban J connectivity index is 1.75. The first kappa shape index (κ1) is 17.9. The van der Waals surface area contributed by atoms with Crippen LogP contribution in [0.25, 0.3) is 0 Å². The molecule has 2 heteroatoms. The third kappa shape index (κ3) is 4.24. The third-order valence-electron chi connectivity index (χ3n) is 4.76. The molecule has 0 aliphatic carbocycles. The Morgan fingerprint density at radius 2 is 0.536 bits per heavy atom. The first-order valence-electron chi connectivity index (χ1n) is 9.51. The van der Waals surface area contributed by atoms with Gasteiger partial charge >= 0.3 is 0 Å². The van der Waals surface area contributed by atoms with Crippen LogP contribution >= 0.6 is 0 Å². The van der Waals surface area contributed by atoms with E-state index < -0.39 is 0 Å². The minimum absolute atomic E-state index is 0.127. The maximum Gasteiger partial charge on any atom is 0.121 e. The molecule has 0 fully saturated rings. The van der Waals surface area contributed by atoms with E-state index >= 15 is 0 Å². The second kappa shape index (κ2) is 8.92.